The first kappa shape index (κ1) is 12.8. The topological polar surface area (TPSA) is 49.3 Å². The molecule has 1 aromatic carbocycles. The molecule has 3 nitrogen and oxygen atoms in total. The number of halogens is 2. The van der Waals surface area contributed by atoms with E-state index in [9.17, 15) is 9.18 Å². The van der Waals surface area contributed by atoms with Crippen LogP contribution in [0.2, 0.25) is 0 Å². The van der Waals surface area contributed by atoms with Crippen molar-refractivity contribution < 1.29 is 14.3 Å². The van der Waals surface area contributed by atoms with Gasteiger partial charge >= 0.3 is 0 Å². The van der Waals surface area contributed by atoms with E-state index in [1.54, 1.807) is 0 Å². The fraction of sp³-hybridized carbons (Fsp3) is 0.364. The molecule has 1 unspecified atom stereocenters. The molecule has 0 aromatic heterocycles. The lowest BCUT2D eigenvalue weighted by Crippen LogP contribution is -2.30. The molecule has 0 aliphatic carbocycles. The minimum absolute atomic E-state index is 0.0993. The van der Waals surface area contributed by atoms with Crippen LogP contribution in [0.25, 0.3) is 0 Å². The van der Waals surface area contributed by atoms with Gasteiger partial charge in [-0.3, -0.25) is 4.79 Å². The quantitative estimate of drug-likeness (QED) is 0.800. The van der Waals surface area contributed by atoms with Crippen LogP contribution < -0.4 is 5.32 Å². The molecule has 0 aliphatic heterocycles. The molecule has 0 saturated carbocycles. The number of hydrogen-bond donors (Lipinski definition) is 2. The highest BCUT2D eigenvalue weighted by molar-refractivity contribution is 6.20. The fourth-order valence-electron chi connectivity index (χ4n) is 1.13. The van der Waals surface area contributed by atoms with Gasteiger partial charge in [0.15, 0.2) is 0 Å². The average Bonchev–Trinajstić information content (AvgIpc) is 2.25. The summed E-state index contributed by atoms with van der Waals surface area (Å²) in [7, 11) is 0. The Morgan fingerprint density at radius 1 is 1.62 bits per heavy atom. The molecule has 0 aliphatic rings. The summed E-state index contributed by atoms with van der Waals surface area (Å²) in [6, 6.07) is 3.39. The largest absolute Gasteiger partial charge is 0.508 e. The molecule has 0 heterocycles. The standard InChI is InChI=1S/C11H13ClFNO2/c1-2-7(12)6-14-11(16)9-4-3-8(15)5-10(9)13/h3-5,7,15H,2,6H2,1H3,(H,14,16). The summed E-state index contributed by atoms with van der Waals surface area (Å²) in [5, 5.41) is 11.3. The molecule has 0 spiro atoms. The summed E-state index contributed by atoms with van der Waals surface area (Å²) in [5.41, 5.74) is -0.0993. The van der Waals surface area contributed by atoms with E-state index in [-0.39, 0.29) is 23.2 Å². The second-order valence-electron chi connectivity index (χ2n) is 3.38. The van der Waals surface area contributed by atoms with Crippen molar-refractivity contribution in [2.75, 3.05) is 6.54 Å². The number of carbonyl (C=O) groups is 1. The molecule has 1 atom stereocenters. The van der Waals surface area contributed by atoms with Gasteiger partial charge in [0.05, 0.1) is 10.9 Å². The van der Waals surface area contributed by atoms with E-state index in [1.807, 2.05) is 6.92 Å². The average molecular weight is 246 g/mol. The normalized spacial score (nSPS) is 12.2. The zero-order valence-corrected chi connectivity index (χ0v) is 9.59. The number of phenols is 1. The Morgan fingerprint density at radius 2 is 2.31 bits per heavy atom. The highest BCUT2D eigenvalue weighted by atomic mass is 35.5. The maximum atomic E-state index is 13.3. The predicted octanol–water partition coefficient (Wildman–Crippen LogP) is 2.28. The van der Waals surface area contributed by atoms with Gasteiger partial charge in [-0.25, -0.2) is 4.39 Å². The van der Waals surface area contributed by atoms with Crippen molar-refractivity contribution in [3.05, 3.63) is 29.6 Å². The molecule has 1 rings (SSSR count). The van der Waals surface area contributed by atoms with Crippen molar-refractivity contribution in [1.29, 1.82) is 0 Å². The van der Waals surface area contributed by atoms with E-state index in [0.29, 0.717) is 0 Å². The summed E-state index contributed by atoms with van der Waals surface area (Å²) in [6.45, 7) is 2.18. The summed E-state index contributed by atoms with van der Waals surface area (Å²) < 4.78 is 13.3. The Balaban J connectivity index is 2.66. The van der Waals surface area contributed by atoms with Crippen LogP contribution >= 0.6 is 11.6 Å². The minimum Gasteiger partial charge on any atom is -0.508 e. The van der Waals surface area contributed by atoms with Gasteiger partial charge in [0.2, 0.25) is 0 Å². The van der Waals surface area contributed by atoms with Crippen molar-refractivity contribution >= 4 is 17.5 Å². The summed E-state index contributed by atoms with van der Waals surface area (Å²) >= 11 is 5.81. The number of rotatable bonds is 4. The smallest absolute Gasteiger partial charge is 0.254 e. The summed E-state index contributed by atoms with van der Waals surface area (Å²) in [5.74, 6) is -1.49. The Kier molecular flexibility index (Phi) is 4.55. The third kappa shape index (κ3) is 3.38. The lowest BCUT2D eigenvalue weighted by molar-refractivity contribution is 0.0949. The molecule has 0 saturated heterocycles. The number of alkyl halides is 1. The second kappa shape index (κ2) is 5.70. The van der Waals surface area contributed by atoms with Gasteiger partial charge in [-0.1, -0.05) is 6.92 Å². The minimum atomic E-state index is -0.750. The van der Waals surface area contributed by atoms with Gasteiger partial charge in [0, 0.05) is 12.6 Å². The first-order valence-electron chi connectivity index (χ1n) is 4.95. The number of aromatic hydroxyl groups is 1. The van der Waals surface area contributed by atoms with E-state index < -0.39 is 11.7 Å². The number of benzene rings is 1. The summed E-state index contributed by atoms with van der Waals surface area (Å²) in [6.07, 6.45) is 0.722. The molecule has 16 heavy (non-hydrogen) atoms. The highest BCUT2D eigenvalue weighted by Crippen LogP contribution is 2.14. The zero-order valence-electron chi connectivity index (χ0n) is 8.84. The van der Waals surface area contributed by atoms with Gasteiger partial charge in [-0.15, -0.1) is 11.6 Å². The van der Waals surface area contributed by atoms with E-state index in [2.05, 4.69) is 5.32 Å². The van der Waals surface area contributed by atoms with Crippen LogP contribution in [0.15, 0.2) is 18.2 Å². The Labute approximate surface area is 98.2 Å². The number of amides is 1. The van der Waals surface area contributed by atoms with E-state index >= 15 is 0 Å². The van der Waals surface area contributed by atoms with Crippen molar-refractivity contribution in [3.63, 3.8) is 0 Å². The van der Waals surface area contributed by atoms with Crippen molar-refractivity contribution in [1.82, 2.24) is 5.32 Å². The molecule has 0 bridgehead atoms. The molecule has 0 radical (unpaired) electrons. The van der Waals surface area contributed by atoms with Crippen LogP contribution in [0.3, 0.4) is 0 Å². The molecule has 1 aromatic rings. The maximum absolute atomic E-state index is 13.3. The van der Waals surface area contributed by atoms with Crippen LogP contribution in [0.1, 0.15) is 23.7 Å². The Bertz CT molecular complexity index is 384. The third-order valence-electron chi connectivity index (χ3n) is 2.12. The maximum Gasteiger partial charge on any atom is 0.254 e. The monoisotopic (exact) mass is 245 g/mol. The number of carbonyl (C=O) groups excluding carboxylic acids is 1. The van der Waals surface area contributed by atoms with Crippen LogP contribution in [0, 0.1) is 5.82 Å². The van der Waals surface area contributed by atoms with Gasteiger partial charge in [0.25, 0.3) is 5.91 Å². The number of hydrogen-bond acceptors (Lipinski definition) is 2. The molecule has 2 N–H and O–H groups in total. The van der Waals surface area contributed by atoms with Crippen LogP contribution in [0.5, 0.6) is 5.75 Å². The first-order valence-corrected chi connectivity index (χ1v) is 5.39. The van der Waals surface area contributed by atoms with Gasteiger partial charge in [-0.2, -0.15) is 0 Å². The molecular formula is C11H13ClFNO2. The molecule has 88 valence electrons. The zero-order chi connectivity index (χ0) is 12.1. The Hall–Kier alpha value is -1.29. The molecule has 0 fully saturated rings. The van der Waals surface area contributed by atoms with E-state index in [4.69, 9.17) is 16.7 Å². The molecular weight excluding hydrogens is 233 g/mol. The van der Waals surface area contributed by atoms with Crippen LogP contribution in [-0.2, 0) is 0 Å². The van der Waals surface area contributed by atoms with E-state index in [0.717, 1.165) is 12.5 Å². The fourth-order valence-corrected chi connectivity index (χ4v) is 1.21. The number of nitrogens with one attached hydrogen (secondary N) is 1. The van der Waals surface area contributed by atoms with Crippen molar-refractivity contribution in [2.24, 2.45) is 0 Å². The van der Waals surface area contributed by atoms with Gasteiger partial charge < -0.3 is 10.4 Å². The first-order chi connectivity index (χ1) is 7.54. The summed E-state index contributed by atoms with van der Waals surface area (Å²) in [4.78, 5) is 11.5. The van der Waals surface area contributed by atoms with Gasteiger partial charge in [0.1, 0.15) is 11.6 Å². The van der Waals surface area contributed by atoms with Crippen LogP contribution in [-0.4, -0.2) is 22.9 Å². The molecule has 1 amide bonds. The molecule has 5 heteroatoms. The van der Waals surface area contributed by atoms with Gasteiger partial charge in [-0.05, 0) is 18.6 Å². The van der Waals surface area contributed by atoms with Crippen LogP contribution in [0.4, 0.5) is 4.39 Å². The second-order valence-corrected chi connectivity index (χ2v) is 4.00. The van der Waals surface area contributed by atoms with Crippen molar-refractivity contribution in [2.45, 2.75) is 18.7 Å². The highest BCUT2D eigenvalue weighted by Gasteiger charge is 2.12. The predicted molar refractivity (Wildman–Crippen MR) is 60.3 cm³/mol. The Morgan fingerprint density at radius 3 is 2.88 bits per heavy atom. The van der Waals surface area contributed by atoms with E-state index in [1.165, 1.54) is 12.1 Å². The lowest BCUT2D eigenvalue weighted by Gasteiger charge is -2.09. The lowest BCUT2D eigenvalue weighted by atomic mass is 10.2. The van der Waals surface area contributed by atoms with Crippen molar-refractivity contribution in [3.8, 4) is 5.75 Å². The SMILES string of the molecule is CCC(Cl)CNC(=O)c1ccc(O)cc1F. The number of phenolic OH excluding ortho intramolecular Hbond substituents is 1. The third-order valence-corrected chi connectivity index (χ3v) is 2.59.